The van der Waals surface area contributed by atoms with Gasteiger partial charge in [0.05, 0.1) is 24.5 Å². The van der Waals surface area contributed by atoms with Gasteiger partial charge < -0.3 is 29.5 Å². The van der Waals surface area contributed by atoms with Gasteiger partial charge in [-0.2, -0.15) is 0 Å². The Kier molecular flexibility index (Phi) is 4.17. The first kappa shape index (κ1) is 19.4. The molecule has 0 radical (unpaired) electrons. The summed E-state index contributed by atoms with van der Waals surface area (Å²) in [6.45, 7) is 0. The van der Waals surface area contributed by atoms with Crippen LogP contribution in [0, 0.1) is 5.92 Å². The lowest BCUT2D eigenvalue weighted by Gasteiger charge is -2.59. The minimum absolute atomic E-state index is 0.0651. The molecule has 30 heavy (non-hydrogen) atoms. The van der Waals surface area contributed by atoms with Crippen LogP contribution in [0.1, 0.15) is 43.2 Å². The van der Waals surface area contributed by atoms with Crippen molar-refractivity contribution in [2.75, 3.05) is 7.11 Å². The molecule has 1 aliphatic heterocycles. The maximum Gasteiger partial charge on any atom is 0.340 e. The lowest BCUT2D eigenvalue weighted by Crippen LogP contribution is -2.67. The second-order valence-electron chi connectivity index (χ2n) is 8.66. The first-order valence-corrected chi connectivity index (χ1v) is 10.2. The van der Waals surface area contributed by atoms with Gasteiger partial charge in [-0.3, -0.25) is 4.79 Å². The van der Waals surface area contributed by atoms with Crippen molar-refractivity contribution in [2.45, 2.75) is 61.7 Å². The van der Waals surface area contributed by atoms with Gasteiger partial charge in [-0.25, -0.2) is 4.79 Å². The third kappa shape index (κ3) is 2.34. The van der Waals surface area contributed by atoms with Crippen LogP contribution in [0.25, 0.3) is 0 Å². The fourth-order valence-corrected chi connectivity index (χ4v) is 6.11. The maximum absolute atomic E-state index is 12.3. The van der Waals surface area contributed by atoms with Crippen molar-refractivity contribution in [1.29, 1.82) is 0 Å². The highest BCUT2D eigenvalue weighted by Crippen LogP contribution is 2.67. The number of carbonyl (C=O) groups is 2. The Labute approximate surface area is 173 Å². The number of esters is 1. The van der Waals surface area contributed by atoms with E-state index in [2.05, 4.69) is 0 Å². The van der Waals surface area contributed by atoms with Crippen molar-refractivity contribution in [3.8, 4) is 11.5 Å². The Morgan fingerprint density at radius 3 is 2.90 bits per heavy atom. The summed E-state index contributed by atoms with van der Waals surface area (Å²) < 4.78 is 17.3. The molecular weight excluding hydrogens is 392 g/mol. The average Bonchev–Trinajstić information content (AvgIpc) is 3.04. The molecule has 3 aliphatic carbocycles. The minimum atomic E-state index is -1.78. The van der Waals surface area contributed by atoms with Crippen LogP contribution in [0.15, 0.2) is 24.0 Å². The first-order valence-electron chi connectivity index (χ1n) is 10.2. The topological polar surface area (TPSA) is 123 Å². The molecule has 1 spiro atoms. The highest BCUT2D eigenvalue weighted by atomic mass is 16.6. The number of aliphatic hydroxyl groups excluding tert-OH is 1. The number of benzene rings is 1. The average molecular weight is 416 g/mol. The van der Waals surface area contributed by atoms with E-state index in [0.717, 1.165) is 30.4 Å². The number of hydrogen-bond acceptors (Lipinski definition) is 7. The molecule has 5 atom stereocenters. The molecule has 1 fully saturated rings. The van der Waals surface area contributed by atoms with Crippen LogP contribution in [0.5, 0.6) is 11.5 Å². The van der Waals surface area contributed by atoms with E-state index in [0.29, 0.717) is 24.3 Å². The largest absolute Gasteiger partial charge is 0.493 e. The van der Waals surface area contributed by atoms with Crippen LogP contribution in [0.3, 0.4) is 0 Å². The third-order valence-corrected chi connectivity index (χ3v) is 7.33. The summed E-state index contributed by atoms with van der Waals surface area (Å²) in [5.74, 6) is -0.947. The quantitative estimate of drug-likeness (QED) is 0.617. The molecule has 8 nitrogen and oxygen atoms in total. The van der Waals surface area contributed by atoms with Crippen LogP contribution in [-0.4, -0.2) is 52.2 Å². The number of aliphatic carboxylic acids is 1. The lowest BCUT2D eigenvalue weighted by molar-refractivity contribution is -0.166. The second-order valence-corrected chi connectivity index (χ2v) is 8.66. The van der Waals surface area contributed by atoms with Crippen LogP contribution in [0.2, 0.25) is 0 Å². The summed E-state index contributed by atoms with van der Waals surface area (Å²) in [7, 11) is 1.55. The number of carbonyl (C=O) groups excluding carboxylic acids is 1. The molecule has 4 aliphatic rings. The molecule has 1 heterocycles. The molecule has 5 rings (SSSR count). The van der Waals surface area contributed by atoms with Gasteiger partial charge in [-0.05, 0) is 49.3 Å². The molecule has 3 N–H and O–H groups in total. The van der Waals surface area contributed by atoms with E-state index in [9.17, 15) is 19.8 Å². The fourth-order valence-electron chi connectivity index (χ4n) is 6.11. The fraction of sp³-hybridized carbons (Fsp3) is 0.545. The monoisotopic (exact) mass is 416 g/mol. The van der Waals surface area contributed by atoms with Crippen LogP contribution < -0.4 is 9.47 Å². The molecule has 0 amide bonds. The Balaban J connectivity index is 1.59. The van der Waals surface area contributed by atoms with Crippen molar-refractivity contribution in [2.24, 2.45) is 5.92 Å². The van der Waals surface area contributed by atoms with Crippen LogP contribution >= 0.6 is 0 Å². The Hall–Kier alpha value is -2.58. The zero-order valence-electron chi connectivity index (χ0n) is 16.6. The number of ether oxygens (including phenoxy) is 3. The Bertz CT molecular complexity index is 968. The van der Waals surface area contributed by atoms with E-state index >= 15 is 0 Å². The SMILES string of the molecule is COc1ccc2c3c1O[C@@H]1C(OC(=O)[C@@H](O)CC(=O)O)=CC[C@]4(O)[C@@H](CCC[C@@]314)C2. The zero-order chi connectivity index (χ0) is 21.3. The number of carboxylic acid groups (broad SMARTS) is 1. The molecule has 8 heteroatoms. The van der Waals surface area contributed by atoms with Crippen LogP contribution in [0.4, 0.5) is 0 Å². The molecular formula is C22H24O8. The summed E-state index contributed by atoms with van der Waals surface area (Å²) in [5, 5.41) is 30.6. The molecule has 0 unspecified atom stereocenters. The van der Waals surface area contributed by atoms with Crippen molar-refractivity contribution in [1.82, 2.24) is 0 Å². The number of aliphatic hydroxyl groups is 2. The van der Waals surface area contributed by atoms with E-state index in [4.69, 9.17) is 19.3 Å². The van der Waals surface area contributed by atoms with E-state index < -0.39 is 41.6 Å². The Morgan fingerprint density at radius 2 is 2.17 bits per heavy atom. The van der Waals surface area contributed by atoms with Gasteiger partial charge in [0.2, 0.25) is 0 Å². The third-order valence-electron chi connectivity index (χ3n) is 7.33. The first-order chi connectivity index (χ1) is 14.3. The Morgan fingerprint density at radius 1 is 1.37 bits per heavy atom. The summed E-state index contributed by atoms with van der Waals surface area (Å²) in [6, 6.07) is 3.87. The van der Waals surface area contributed by atoms with Crippen molar-refractivity contribution < 1.29 is 39.1 Å². The maximum atomic E-state index is 12.3. The molecule has 1 aromatic rings. The summed E-state index contributed by atoms with van der Waals surface area (Å²) in [6.07, 6.45) is 1.92. The summed E-state index contributed by atoms with van der Waals surface area (Å²) in [5.41, 5.74) is 0.241. The lowest BCUT2D eigenvalue weighted by atomic mass is 9.47. The zero-order valence-corrected chi connectivity index (χ0v) is 16.6. The standard InChI is InChI=1S/C22H24O8/c1-28-14-5-4-11-9-12-3-2-7-21-17(11)18(14)30-19(21)15(6-8-22(12,21)27)29-20(26)13(23)10-16(24)25/h4-6,12-13,19,23,27H,2-3,7-10H2,1H3,(H,24,25)/t12-,13-,19+,21+,22-/m0/s1. The molecule has 160 valence electrons. The predicted octanol–water partition coefficient (Wildman–Crippen LogP) is 1.45. The van der Waals surface area contributed by atoms with Crippen molar-refractivity contribution >= 4 is 11.9 Å². The number of carboxylic acids is 1. The van der Waals surface area contributed by atoms with Gasteiger partial charge in [-0.15, -0.1) is 0 Å². The number of rotatable bonds is 5. The molecule has 0 aromatic heterocycles. The normalized spacial score (nSPS) is 33.6. The highest BCUT2D eigenvalue weighted by molar-refractivity contribution is 5.81. The molecule has 1 saturated carbocycles. The number of methoxy groups -OCH3 is 1. The molecule has 1 aromatic carbocycles. The summed E-state index contributed by atoms with van der Waals surface area (Å²) in [4.78, 5) is 23.2. The van der Waals surface area contributed by atoms with Gasteiger partial charge in [0.25, 0.3) is 0 Å². The van der Waals surface area contributed by atoms with E-state index in [1.54, 1.807) is 13.2 Å². The van der Waals surface area contributed by atoms with Gasteiger partial charge >= 0.3 is 11.9 Å². The van der Waals surface area contributed by atoms with Crippen LogP contribution in [-0.2, 0) is 26.2 Å². The predicted molar refractivity (Wildman–Crippen MR) is 102 cm³/mol. The highest BCUT2D eigenvalue weighted by Gasteiger charge is 2.70. The number of hydrogen-bond donors (Lipinski definition) is 3. The van der Waals surface area contributed by atoms with E-state index in [-0.39, 0.29) is 11.7 Å². The van der Waals surface area contributed by atoms with Gasteiger partial charge in [0.15, 0.2) is 23.7 Å². The van der Waals surface area contributed by atoms with Gasteiger partial charge in [0.1, 0.15) is 5.76 Å². The summed E-state index contributed by atoms with van der Waals surface area (Å²) >= 11 is 0. The van der Waals surface area contributed by atoms with Gasteiger partial charge in [0, 0.05) is 5.56 Å². The minimum Gasteiger partial charge on any atom is -0.493 e. The second kappa shape index (κ2) is 6.46. The van der Waals surface area contributed by atoms with Crippen molar-refractivity contribution in [3.05, 3.63) is 35.1 Å². The molecule has 0 saturated heterocycles. The van der Waals surface area contributed by atoms with Crippen molar-refractivity contribution in [3.63, 3.8) is 0 Å². The van der Waals surface area contributed by atoms with Gasteiger partial charge in [-0.1, -0.05) is 12.5 Å². The van der Waals surface area contributed by atoms with E-state index in [1.165, 1.54) is 0 Å². The smallest absolute Gasteiger partial charge is 0.340 e. The molecule has 2 bridgehead atoms. The van der Waals surface area contributed by atoms with E-state index in [1.807, 2.05) is 12.1 Å².